The minimum absolute atomic E-state index is 0.686. The fourth-order valence-electron chi connectivity index (χ4n) is 3.30. The Kier molecular flexibility index (Phi) is 6.10. The number of rotatable bonds is 6. The molecule has 0 unspecified atom stereocenters. The zero-order chi connectivity index (χ0) is 17.8. The van der Waals surface area contributed by atoms with Crippen molar-refractivity contribution in [3.63, 3.8) is 0 Å². The summed E-state index contributed by atoms with van der Waals surface area (Å²) in [4.78, 5) is 2.38. The fourth-order valence-corrected chi connectivity index (χ4v) is 3.93. The minimum Gasteiger partial charge on any atom is -0.361 e. The molecule has 0 aliphatic heterocycles. The van der Waals surface area contributed by atoms with Gasteiger partial charge in [0.25, 0.3) is 0 Å². The Morgan fingerprint density at radius 2 is 1.76 bits per heavy atom. The number of nitrogens with one attached hydrogen (secondary N) is 2. The van der Waals surface area contributed by atoms with Gasteiger partial charge >= 0.3 is 0 Å². The number of nitrogens with zero attached hydrogens (tertiary/aromatic N) is 1. The van der Waals surface area contributed by atoms with Gasteiger partial charge in [0.05, 0.1) is 0 Å². The fraction of sp³-hybridized carbons (Fsp3) is 0.350. The van der Waals surface area contributed by atoms with Gasteiger partial charge in [-0.3, -0.25) is 0 Å². The normalized spacial score (nSPS) is 12.0. The van der Waals surface area contributed by atoms with Crippen LogP contribution < -0.4 is 10.6 Å². The Morgan fingerprint density at radius 1 is 1.08 bits per heavy atom. The molecule has 2 N–H and O–H groups in total. The topological polar surface area (TPSA) is 27.3 Å². The van der Waals surface area contributed by atoms with Crippen LogP contribution >= 0.6 is 28.1 Å². The standard InChI is InChI=1S/C20H24BrN3S/c1-3-24(4-2)10-9-22-20(25)23-17-6-8-19-15(13-17)11-14-12-16(21)5-7-18(14)19/h5-8,12-13H,3-4,9-11H2,1-2H3,(H2,22,23,25). The van der Waals surface area contributed by atoms with Gasteiger partial charge in [-0.1, -0.05) is 41.9 Å². The van der Waals surface area contributed by atoms with E-state index >= 15 is 0 Å². The Labute approximate surface area is 163 Å². The van der Waals surface area contributed by atoms with Gasteiger partial charge in [0.15, 0.2) is 5.11 Å². The van der Waals surface area contributed by atoms with E-state index in [1.165, 1.54) is 22.3 Å². The molecular weight excluding hydrogens is 394 g/mol. The van der Waals surface area contributed by atoms with Gasteiger partial charge in [-0.25, -0.2) is 0 Å². The van der Waals surface area contributed by atoms with E-state index in [4.69, 9.17) is 12.2 Å². The molecule has 2 aromatic rings. The van der Waals surface area contributed by atoms with Crippen molar-refractivity contribution in [2.75, 3.05) is 31.5 Å². The van der Waals surface area contributed by atoms with E-state index in [1.54, 1.807) is 0 Å². The number of thiocarbonyl (C=S) groups is 1. The van der Waals surface area contributed by atoms with Crippen molar-refractivity contribution in [1.29, 1.82) is 0 Å². The average molecular weight is 418 g/mol. The van der Waals surface area contributed by atoms with Crippen molar-refractivity contribution in [2.24, 2.45) is 0 Å². The van der Waals surface area contributed by atoms with Crippen molar-refractivity contribution in [2.45, 2.75) is 20.3 Å². The highest BCUT2D eigenvalue weighted by atomic mass is 79.9. The lowest BCUT2D eigenvalue weighted by atomic mass is 10.1. The van der Waals surface area contributed by atoms with Gasteiger partial charge in [-0.05, 0) is 78.2 Å². The number of hydrogen-bond donors (Lipinski definition) is 2. The summed E-state index contributed by atoms with van der Waals surface area (Å²) in [6.45, 7) is 8.36. The molecule has 132 valence electrons. The van der Waals surface area contributed by atoms with Gasteiger partial charge in [-0.2, -0.15) is 0 Å². The Bertz CT molecular complexity index is 772. The van der Waals surface area contributed by atoms with Crippen LogP contribution in [-0.4, -0.2) is 36.2 Å². The molecule has 1 aliphatic rings. The molecule has 0 saturated heterocycles. The first-order chi connectivity index (χ1) is 12.1. The predicted octanol–water partition coefficient (Wildman–Crippen LogP) is 4.65. The van der Waals surface area contributed by atoms with E-state index in [0.717, 1.165) is 42.8 Å². The van der Waals surface area contributed by atoms with Crippen molar-refractivity contribution >= 4 is 38.9 Å². The number of anilines is 1. The SMILES string of the molecule is CCN(CC)CCNC(=S)Nc1ccc2c(c1)Cc1cc(Br)ccc1-2. The van der Waals surface area contributed by atoms with Crippen LogP contribution in [0, 0.1) is 0 Å². The van der Waals surface area contributed by atoms with E-state index in [9.17, 15) is 0 Å². The van der Waals surface area contributed by atoms with Gasteiger partial charge in [-0.15, -0.1) is 0 Å². The van der Waals surface area contributed by atoms with E-state index in [0.29, 0.717) is 5.11 Å². The third kappa shape index (κ3) is 4.40. The molecule has 0 bridgehead atoms. The summed E-state index contributed by atoms with van der Waals surface area (Å²) in [6, 6.07) is 13.0. The highest BCUT2D eigenvalue weighted by Crippen LogP contribution is 2.38. The Morgan fingerprint density at radius 3 is 2.48 bits per heavy atom. The third-order valence-electron chi connectivity index (χ3n) is 4.71. The average Bonchev–Trinajstić information content (AvgIpc) is 2.95. The highest BCUT2D eigenvalue weighted by Gasteiger charge is 2.18. The predicted molar refractivity (Wildman–Crippen MR) is 114 cm³/mol. The van der Waals surface area contributed by atoms with Gasteiger partial charge in [0.1, 0.15) is 0 Å². The minimum atomic E-state index is 0.686. The Balaban J connectivity index is 1.60. The molecule has 0 fully saturated rings. The van der Waals surface area contributed by atoms with E-state index in [2.05, 4.69) is 81.7 Å². The van der Waals surface area contributed by atoms with Gasteiger partial charge < -0.3 is 15.5 Å². The molecule has 0 spiro atoms. The van der Waals surface area contributed by atoms with Crippen LogP contribution in [0.25, 0.3) is 11.1 Å². The first-order valence-corrected chi connectivity index (χ1v) is 9.99. The second-order valence-corrected chi connectivity index (χ2v) is 7.58. The largest absolute Gasteiger partial charge is 0.361 e. The molecule has 0 amide bonds. The van der Waals surface area contributed by atoms with Crippen LogP contribution in [-0.2, 0) is 6.42 Å². The summed E-state index contributed by atoms with van der Waals surface area (Å²) in [5.74, 6) is 0. The molecule has 0 atom stereocenters. The molecule has 3 rings (SSSR count). The lowest BCUT2D eigenvalue weighted by Crippen LogP contribution is -2.36. The summed E-state index contributed by atoms with van der Waals surface area (Å²) in [5, 5.41) is 7.29. The van der Waals surface area contributed by atoms with Crippen LogP contribution in [0.1, 0.15) is 25.0 Å². The third-order valence-corrected chi connectivity index (χ3v) is 5.45. The molecule has 25 heavy (non-hydrogen) atoms. The molecular formula is C20H24BrN3S. The molecule has 1 aliphatic carbocycles. The van der Waals surface area contributed by atoms with Crippen molar-refractivity contribution in [3.8, 4) is 11.1 Å². The molecule has 0 heterocycles. The zero-order valence-corrected chi connectivity index (χ0v) is 17.1. The first-order valence-electron chi connectivity index (χ1n) is 8.79. The maximum atomic E-state index is 5.43. The smallest absolute Gasteiger partial charge is 0.170 e. The number of hydrogen-bond acceptors (Lipinski definition) is 2. The van der Waals surface area contributed by atoms with E-state index < -0.39 is 0 Å². The van der Waals surface area contributed by atoms with Crippen LogP contribution in [0.2, 0.25) is 0 Å². The molecule has 2 aromatic carbocycles. The van der Waals surface area contributed by atoms with Crippen LogP contribution in [0.5, 0.6) is 0 Å². The van der Waals surface area contributed by atoms with Gasteiger partial charge in [0, 0.05) is 23.2 Å². The maximum absolute atomic E-state index is 5.43. The first kappa shape index (κ1) is 18.4. The van der Waals surface area contributed by atoms with Crippen molar-refractivity contribution < 1.29 is 0 Å². The van der Waals surface area contributed by atoms with Crippen molar-refractivity contribution in [3.05, 3.63) is 52.0 Å². The Hall–Kier alpha value is -1.43. The number of likely N-dealkylation sites (N-methyl/N-ethyl adjacent to an activating group) is 1. The second kappa shape index (κ2) is 8.30. The molecule has 5 heteroatoms. The molecule has 0 radical (unpaired) electrons. The zero-order valence-electron chi connectivity index (χ0n) is 14.7. The highest BCUT2D eigenvalue weighted by molar-refractivity contribution is 9.10. The lowest BCUT2D eigenvalue weighted by Gasteiger charge is -2.19. The number of benzene rings is 2. The number of halogens is 1. The quantitative estimate of drug-likeness (QED) is 0.570. The second-order valence-electron chi connectivity index (χ2n) is 6.26. The summed E-state index contributed by atoms with van der Waals surface area (Å²) in [5.41, 5.74) is 6.44. The monoisotopic (exact) mass is 417 g/mol. The maximum Gasteiger partial charge on any atom is 0.170 e. The van der Waals surface area contributed by atoms with Crippen LogP contribution in [0.15, 0.2) is 40.9 Å². The van der Waals surface area contributed by atoms with E-state index in [-0.39, 0.29) is 0 Å². The summed E-state index contributed by atoms with van der Waals surface area (Å²) < 4.78 is 1.14. The van der Waals surface area contributed by atoms with Crippen LogP contribution in [0.3, 0.4) is 0 Å². The summed E-state index contributed by atoms with van der Waals surface area (Å²) in [7, 11) is 0. The lowest BCUT2D eigenvalue weighted by molar-refractivity contribution is 0.308. The molecule has 0 aromatic heterocycles. The van der Waals surface area contributed by atoms with Gasteiger partial charge in [0.2, 0.25) is 0 Å². The summed E-state index contributed by atoms with van der Waals surface area (Å²) >= 11 is 8.99. The number of fused-ring (bicyclic) bond motifs is 3. The van der Waals surface area contributed by atoms with Crippen LogP contribution in [0.4, 0.5) is 5.69 Å². The molecule has 0 saturated carbocycles. The van der Waals surface area contributed by atoms with E-state index in [1.807, 2.05) is 0 Å². The summed E-state index contributed by atoms with van der Waals surface area (Å²) in [6.07, 6.45) is 0.974. The molecule has 3 nitrogen and oxygen atoms in total. The van der Waals surface area contributed by atoms with Crippen molar-refractivity contribution in [1.82, 2.24) is 10.2 Å².